The van der Waals surface area contributed by atoms with Crippen LogP contribution in [0.2, 0.25) is 5.02 Å². The number of nitrogens with one attached hydrogen (secondary N) is 1. The molecular formula is C15H10ClN3O3S2. The smallest absolute Gasteiger partial charge is 0.293 e. The highest BCUT2D eigenvalue weighted by atomic mass is 35.5. The van der Waals surface area contributed by atoms with Crippen molar-refractivity contribution in [3.63, 3.8) is 0 Å². The molecule has 0 bridgehead atoms. The van der Waals surface area contributed by atoms with Crippen LogP contribution in [0.1, 0.15) is 5.56 Å². The number of rotatable bonds is 4. The average molecular weight is 380 g/mol. The summed E-state index contributed by atoms with van der Waals surface area (Å²) in [6, 6.07) is 6.86. The SMILES string of the molecule is O=C(C=C1SC(=O)N(Cc2ccc(Cl)cc2)C1=O)Nc1nccs1. The third kappa shape index (κ3) is 3.84. The summed E-state index contributed by atoms with van der Waals surface area (Å²) < 4.78 is 0. The fraction of sp³-hybridized carbons (Fsp3) is 0.0667. The van der Waals surface area contributed by atoms with Crippen molar-refractivity contribution in [3.8, 4) is 0 Å². The fourth-order valence-corrected chi connectivity index (χ4v) is 3.42. The number of halogens is 1. The van der Waals surface area contributed by atoms with E-state index in [0.29, 0.717) is 10.2 Å². The molecule has 0 spiro atoms. The molecule has 0 atom stereocenters. The molecule has 1 fully saturated rings. The van der Waals surface area contributed by atoms with Crippen LogP contribution in [0.25, 0.3) is 0 Å². The maximum Gasteiger partial charge on any atom is 0.293 e. The maximum absolute atomic E-state index is 12.3. The van der Waals surface area contributed by atoms with Gasteiger partial charge < -0.3 is 0 Å². The Morgan fingerprint density at radius 3 is 2.71 bits per heavy atom. The Bertz CT molecular complexity index is 819. The molecule has 0 radical (unpaired) electrons. The van der Waals surface area contributed by atoms with Gasteiger partial charge in [-0.25, -0.2) is 4.98 Å². The standard InChI is InChI=1S/C15H10ClN3O3S2/c16-10-3-1-9(2-4-10)8-19-13(21)11(24-15(19)22)7-12(20)18-14-17-5-6-23-14/h1-7H,8H2,(H,17,18,20). The molecule has 3 rings (SSSR count). The predicted octanol–water partition coefficient (Wildman–Crippen LogP) is 3.51. The van der Waals surface area contributed by atoms with Gasteiger partial charge in [0.15, 0.2) is 5.13 Å². The molecule has 0 aliphatic carbocycles. The summed E-state index contributed by atoms with van der Waals surface area (Å²) in [7, 11) is 0. The Hall–Kier alpha value is -2.16. The lowest BCUT2D eigenvalue weighted by molar-refractivity contribution is -0.123. The van der Waals surface area contributed by atoms with Gasteiger partial charge in [-0.1, -0.05) is 23.7 Å². The number of hydrogen-bond acceptors (Lipinski definition) is 6. The molecule has 1 aromatic carbocycles. The van der Waals surface area contributed by atoms with Crippen LogP contribution < -0.4 is 5.32 Å². The van der Waals surface area contributed by atoms with E-state index < -0.39 is 17.1 Å². The lowest BCUT2D eigenvalue weighted by Gasteiger charge is -2.12. The zero-order valence-corrected chi connectivity index (χ0v) is 14.5. The summed E-state index contributed by atoms with van der Waals surface area (Å²) in [6.45, 7) is 0.132. The minimum Gasteiger partial charge on any atom is -0.298 e. The summed E-state index contributed by atoms with van der Waals surface area (Å²) in [5.74, 6) is -0.990. The molecule has 3 amide bonds. The first kappa shape index (κ1) is 16.7. The Kier molecular flexibility index (Phi) is 4.98. The van der Waals surface area contributed by atoms with Gasteiger partial charge in [-0.3, -0.25) is 24.6 Å². The van der Waals surface area contributed by atoms with Crippen molar-refractivity contribution in [1.29, 1.82) is 0 Å². The molecule has 1 aliphatic heterocycles. The van der Waals surface area contributed by atoms with E-state index >= 15 is 0 Å². The van der Waals surface area contributed by atoms with Crippen molar-refractivity contribution >= 4 is 56.9 Å². The maximum atomic E-state index is 12.3. The van der Waals surface area contributed by atoms with Gasteiger partial charge in [0.1, 0.15) is 0 Å². The van der Waals surface area contributed by atoms with Crippen LogP contribution in [0.5, 0.6) is 0 Å². The zero-order valence-electron chi connectivity index (χ0n) is 12.1. The van der Waals surface area contributed by atoms with E-state index in [1.807, 2.05) is 0 Å². The number of benzene rings is 1. The van der Waals surface area contributed by atoms with Crippen molar-refractivity contribution in [2.24, 2.45) is 0 Å². The molecule has 0 saturated carbocycles. The first-order valence-corrected chi connectivity index (χ1v) is 8.80. The van der Waals surface area contributed by atoms with Crippen LogP contribution in [0.15, 0.2) is 46.8 Å². The highest BCUT2D eigenvalue weighted by molar-refractivity contribution is 8.18. The first-order chi connectivity index (χ1) is 11.5. The topological polar surface area (TPSA) is 79.4 Å². The summed E-state index contributed by atoms with van der Waals surface area (Å²) in [5.41, 5.74) is 0.773. The molecular weight excluding hydrogens is 370 g/mol. The Labute approximate surface area is 150 Å². The van der Waals surface area contributed by atoms with Crippen LogP contribution >= 0.6 is 34.7 Å². The van der Waals surface area contributed by atoms with E-state index in [0.717, 1.165) is 28.3 Å². The second-order valence-electron chi connectivity index (χ2n) is 4.72. The molecule has 1 saturated heterocycles. The number of hydrogen-bond donors (Lipinski definition) is 1. The third-order valence-electron chi connectivity index (χ3n) is 3.05. The van der Waals surface area contributed by atoms with E-state index in [-0.39, 0.29) is 11.4 Å². The van der Waals surface area contributed by atoms with Crippen molar-refractivity contribution in [2.75, 3.05) is 5.32 Å². The number of carbonyl (C=O) groups excluding carboxylic acids is 3. The number of aromatic nitrogens is 1. The van der Waals surface area contributed by atoms with Crippen LogP contribution in [0.4, 0.5) is 9.93 Å². The zero-order chi connectivity index (χ0) is 17.1. The Balaban J connectivity index is 1.70. The number of carbonyl (C=O) groups is 3. The predicted molar refractivity (Wildman–Crippen MR) is 93.8 cm³/mol. The van der Waals surface area contributed by atoms with Crippen molar-refractivity contribution in [3.05, 3.63) is 57.4 Å². The van der Waals surface area contributed by atoms with Gasteiger partial charge in [-0.2, -0.15) is 0 Å². The van der Waals surface area contributed by atoms with E-state index in [1.54, 1.807) is 35.8 Å². The first-order valence-electron chi connectivity index (χ1n) is 6.73. The number of thiazole rings is 1. The molecule has 1 aromatic heterocycles. The van der Waals surface area contributed by atoms with Gasteiger partial charge in [0, 0.05) is 22.7 Å². The second kappa shape index (κ2) is 7.16. The van der Waals surface area contributed by atoms with Gasteiger partial charge in [0.25, 0.3) is 17.1 Å². The lowest BCUT2D eigenvalue weighted by Crippen LogP contribution is -2.27. The third-order valence-corrected chi connectivity index (χ3v) is 4.90. The van der Waals surface area contributed by atoms with Crippen LogP contribution in [-0.4, -0.2) is 26.9 Å². The minimum atomic E-state index is -0.498. The molecule has 9 heteroatoms. The molecule has 1 N–H and O–H groups in total. The molecule has 24 heavy (non-hydrogen) atoms. The van der Waals surface area contributed by atoms with Gasteiger partial charge in [-0.15, -0.1) is 11.3 Å². The van der Waals surface area contributed by atoms with Gasteiger partial charge >= 0.3 is 0 Å². The van der Waals surface area contributed by atoms with E-state index in [1.165, 1.54) is 11.3 Å². The Morgan fingerprint density at radius 1 is 1.29 bits per heavy atom. The van der Waals surface area contributed by atoms with Gasteiger partial charge in [0.2, 0.25) is 0 Å². The van der Waals surface area contributed by atoms with E-state index in [4.69, 9.17) is 11.6 Å². The molecule has 2 aromatic rings. The van der Waals surface area contributed by atoms with Crippen LogP contribution in [-0.2, 0) is 16.1 Å². The number of nitrogens with zero attached hydrogens (tertiary/aromatic N) is 2. The molecule has 0 unspecified atom stereocenters. The lowest BCUT2D eigenvalue weighted by atomic mass is 10.2. The highest BCUT2D eigenvalue weighted by Gasteiger charge is 2.35. The van der Waals surface area contributed by atoms with E-state index in [2.05, 4.69) is 10.3 Å². The summed E-state index contributed by atoms with van der Waals surface area (Å²) >= 11 is 7.82. The molecule has 1 aliphatic rings. The molecule has 2 heterocycles. The number of imide groups is 1. The average Bonchev–Trinajstić information content (AvgIpc) is 3.13. The summed E-state index contributed by atoms with van der Waals surface area (Å²) in [5, 5.41) is 4.84. The number of amides is 3. The molecule has 122 valence electrons. The summed E-state index contributed by atoms with van der Waals surface area (Å²) in [4.78, 5) is 41.3. The second-order valence-corrected chi connectivity index (χ2v) is 7.05. The fourth-order valence-electron chi connectivity index (χ4n) is 1.95. The number of thioether (sulfide) groups is 1. The Morgan fingerprint density at radius 2 is 2.04 bits per heavy atom. The molecule has 6 nitrogen and oxygen atoms in total. The van der Waals surface area contributed by atoms with Crippen LogP contribution in [0.3, 0.4) is 0 Å². The monoisotopic (exact) mass is 379 g/mol. The van der Waals surface area contributed by atoms with Crippen molar-refractivity contribution in [2.45, 2.75) is 6.54 Å². The summed E-state index contributed by atoms with van der Waals surface area (Å²) in [6.07, 6.45) is 2.68. The van der Waals surface area contributed by atoms with Gasteiger partial charge in [0.05, 0.1) is 11.4 Å². The van der Waals surface area contributed by atoms with Crippen molar-refractivity contribution < 1.29 is 14.4 Å². The van der Waals surface area contributed by atoms with Crippen LogP contribution in [0, 0.1) is 0 Å². The highest BCUT2D eigenvalue weighted by Crippen LogP contribution is 2.32. The largest absolute Gasteiger partial charge is 0.298 e. The number of anilines is 1. The van der Waals surface area contributed by atoms with Gasteiger partial charge in [-0.05, 0) is 29.5 Å². The van der Waals surface area contributed by atoms with Crippen molar-refractivity contribution in [1.82, 2.24) is 9.88 Å². The quantitative estimate of drug-likeness (QED) is 0.822. The normalized spacial score (nSPS) is 16.0. The van der Waals surface area contributed by atoms with E-state index in [9.17, 15) is 14.4 Å². The minimum absolute atomic E-state index is 0.0861.